The van der Waals surface area contributed by atoms with E-state index in [1.807, 2.05) is 0 Å². The average molecular weight is 339 g/mol. The van der Waals surface area contributed by atoms with Gasteiger partial charge in [0.15, 0.2) is 0 Å². The van der Waals surface area contributed by atoms with Crippen molar-refractivity contribution in [3.63, 3.8) is 0 Å². The molecule has 0 fully saturated rings. The molecule has 2 aromatic rings. The van der Waals surface area contributed by atoms with Crippen LogP contribution < -0.4 is 9.46 Å². The van der Waals surface area contributed by atoms with Crippen LogP contribution in [0.15, 0.2) is 47.4 Å². The van der Waals surface area contributed by atoms with Crippen LogP contribution in [-0.4, -0.2) is 26.1 Å². The third kappa shape index (κ3) is 3.78. The zero-order valence-electron chi connectivity index (χ0n) is 12.1. The van der Waals surface area contributed by atoms with Gasteiger partial charge in [-0.2, -0.15) is 0 Å². The van der Waals surface area contributed by atoms with E-state index in [0.29, 0.717) is 0 Å². The SMILES string of the molecule is CCOc1ccc(S(=O)(=O)Nc2ccccc2F)cc1C(=O)O. The van der Waals surface area contributed by atoms with Gasteiger partial charge >= 0.3 is 5.97 Å². The van der Waals surface area contributed by atoms with Gasteiger partial charge in [-0.15, -0.1) is 0 Å². The van der Waals surface area contributed by atoms with Crippen LogP contribution in [-0.2, 0) is 10.0 Å². The van der Waals surface area contributed by atoms with Gasteiger partial charge in [-0.05, 0) is 37.3 Å². The molecule has 8 heteroatoms. The number of benzene rings is 2. The highest BCUT2D eigenvalue weighted by Gasteiger charge is 2.20. The highest BCUT2D eigenvalue weighted by Crippen LogP contribution is 2.25. The minimum atomic E-state index is -4.13. The minimum absolute atomic E-state index is 0.0600. The van der Waals surface area contributed by atoms with E-state index >= 15 is 0 Å². The van der Waals surface area contributed by atoms with Crippen molar-refractivity contribution in [3.8, 4) is 5.75 Å². The maximum atomic E-state index is 13.6. The van der Waals surface area contributed by atoms with Crippen LogP contribution in [0.5, 0.6) is 5.75 Å². The summed E-state index contributed by atoms with van der Waals surface area (Å²) < 4.78 is 45.4. The summed E-state index contributed by atoms with van der Waals surface area (Å²) in [5, 5.41) is 9.16. The number of rotatable bonds is 6. The number of halogens is 1. The molecule has 0 atom stereocenters. The van der Waals surface area contributed by atoms with Gasteiger partial charge < -0.3 is 9.84 Å². The third-order valence-corrected chi connectivity index (χ3v) is 4.27. The van der Waals surface area contributed by atoms with Gasteiger partial charge in [0.2, 0.25) is 0 Å². The minimum Gasteiger partial charge on any atom is -0.493 e. The van der Waals surface area contributed by atoms with Crippen molar-refractivity contribution < 1.29 is 27.4 Å². The summed E-state index contributed by atoms with van der Waals surface area (Å²) >= 11 is 0. The van der Waals surface area contributed by atoms with Crippen molar-refractivity contribution in [2.24, 2.45) is 0 Å². The van der Waals surface area contributed by atoms with E-state index in [2.05, 4.69) is 4.72 Å². The Morgan fingerprint density at radius 2 is 1.96 bits per heavy atom. The Kier molecular flexibility index (Phi) is 4.85. The van der Waals surface area contributed by atoms with Crippen LogP contribution in [0.25, 0.3) is 0 Å². The van der Waals surface area contributed by atoms with Crippen LogP contribution in [0, 0.1) is 5.82 Å². The monoisotopic (exact) mass is 339 g/mol. The molecule has 2 rings (SSSR count). The van der Waals surface area contributed by atoms with Crippen molar-refractivity contribution in [3.05, 3.63) is 53.8 Å². The molecule has 2 N–H and O–H groups in total. The predicted molar refractivity (Wildman–Crippen MR) is 81.8 cm³/mol. The summed E-state index contributed by atoms with van der Waals surface area (Å²) in [6, 6.07) is 8.69. The number of sulfonamides is 1. The summed E-state index contributed by atoms with van der Waals surface area (Å²) in [4.78, 5) is 10.9. The maximum absolute atomic E-state index is 13.6. The molecule has 0 heterocycles. The fraction of sp³-hybridized carbons (Fsp3) is 0.133. The Morgan fingerprint density at radius 3 is 2.57 bits per heavy atom. The second-order valence-corrected chi connectivity index (χ2v) is 6.16. The number of nitrogens with one attached hydrogen (secondary N) is 1. The quantitative estimate of drug-likeness (QED) is 0.844. The van der Waals surface area contributed by atoms with Gasteiger partial charge in [-0.25, -0.2) is 17.6 Å². The number of hydrogen-bond donors (Lipinski definition) is 2. The van der Waals surface area contributed by atoms with E-state index in [1.165, 1.54) is 30.3 Å². The molecule has 0 spiro atoms. The van der Waals surface area contributed by atoms with Gasteiger partial charge in [0.05, 0.1) is 17.2 Å². The van der Waals surface area contributed by atoms with E-state index in [9.17, 15) is 17.6 Å². The number of carboxylic acid groups (broad SMARTS) is 1. The van der Waals surface area contributed by atoms with Crippen LogP contribution in [0.2, 0.25) is 0 Å². The lowest BCUT2D eigenvalue weighted by molar-refractivity contribution is 0.0692. The molecule has 0 saturated carbocycles. The van der Waals surface area contributed by atoms with E-state index in [0.717, 1.165) is 12.1 Å². The molecule has 23 heavy (non-hydrogen) atoms. The van der Waals surface area contributed by atoms with Crippen molar-refractivity contribution in [2.45, 2.75) is 11.8 Å². The van der Waals surface area contributed by atoms with E-state index < -0.39 is 21.8 Å². The summed E-state index contributed by atoms with van der Waals surface area (Å²) in [5.74, 6) is -2.00. The molecule has 0 aromatic heterocycles. The standard InChI is InChI=1S/C15H14FNO5S/c1-2-22-14-8-7-10(9-11(14)15(18)19)23(20,21)17-13-6-4-3-5-12(13)16/h3-9,17H,2H2,1H3,(H,18,19). The first-order valence-electron chi connectivity index (χ1n) is 6.62. The number of para-hydroxylation sites is 1. The Labute approximate surface area is 132 Å². The second kappa shape index (κ2) is 6.66. The first kappa shape index (κ1) is 16.8. The van der Waals surface area contributed by atoms with Crippen molar-refractivity contribution in [2.75, 3.05) is 11.3 Å². The average Bonchev–Trinajstić information content (AvgIpc) is 2.50. The van der Waals surface area contributed by atoms with Crippen molar-refractivity contribution in [1.82, 2.24) is 0 Å². The molecule has 0 aliphatic rings. The Hall–Kier alpha value is -2.61. The maximum Gasteiger partial charge on any atom is 0.339 e. The number of carboxylic acids is 1. The largest absolute Gasteiger partial charge is 0.493 e. The zero-order chi connectivity index (χ0) is 17.0. The third-order valence-electron chi connectivity index (χ3n) is 2.91. The molecule has 0 radical (unpaired) electrons. The lowest BCUT2D eigenvalue weighted by Crippen LogP contribution is -2.15. The highest BCUT2D eigenvalue weighted by atomic mass is 32.2. The molecule has 0 aliphatic heterocycles. The van der Waals surface area contributed by atoms with Gasteiger partial charge in [-0.3, -0.25) is 4.72 Å². The molecule has 6 nitrogen and oxygen atoms in total. The molecule has 0 aliphatic carbocycles. The van der Waals surface area contributed by atoms with Gasteiger partial charge in [0, 0.05) is 0 Å². The Bertz CT molecular complexity index is 836. The lowest BCUT2D eigenvalue weighted by Gasteiger charge is -2.11. The van der Waals surface area contributed by atoms with Crippen LogP contribution in [0.4, 0.5) is 10.1 Å². The van der Waals surface area contributed by atoms with Gasteiger partial charge in [0.25, 0.3) is 10.0 Å². The molecular formula is C15H14FNO5S. The number of hydrogen-bond acceptors (Lipinski definition) is 4. The van der Waals surface area contributed by atoms with E-state index in [-0.39, 0.29) is 28.5 Å². The van der Waals surface area contributed by atoms with E-state index in [4.69, 9.17) is 9.84 Å². The second-order valence-electron chi connectivity index (χ2n) is 4.48. The van der Waals surface area contributed by atoms with Gasteiger partial charge in [0.1, 0.15) is 17.1 Å². The van der Waals surface area contributed by atoms with Crippen LogP contribution >= 0.6 is 0 Å². The Morgan fingerprint density at radius 1 is 1.26 bits per heavy atom. The summed E-state index contributed by atoms with van der Waals surface area (Å²) in [6.07, 6.45) is 0. The number of aromatic carboxylic acids is 1. The number of carbonyl (C=O) groups is 1. The summed E-state index contributed by atoms with van der Waals surface area (Å²) in [6.45, 7) is 1.91. The van der Waals surface area contributed by atoms with Crippen LogP contribution in [0.1, 0.15) is 17.3 Å². The topological polar surface area (TPSA) is 92.7 Å². The molecule has 2 aromatic carbocycles. The molecule has 0 unspecified atom stereocenters. The molecular weight excluding hydrogens is 325 g/mol. The first-order valence-corrected chi connectivity index (χ1v) is 8.11. The molecule has 122 valence electrons. The number of ether oxygens (including phenoxy) is 1. The van der Waals surface area contributed by atoms with Crippen molar-refractivity contribution >= 4 is 21.7 Å². The van der Waals surface area contributed by atoms with E-state index in [1.54, 1.807) is 6.92 Å². The lowest BCUT2D eigenvalue weighted by atomic mass is 10.2. The fourth-order valence-corrected chi connectivity index (χ4v) is 2.97. The summed E-state index contributed by atoms with van der Waals surface area (Å²) in [7, 11) is -4.13. The predicted octanol–water partition coefficient (Wildman–Crippen LogP) is 2.72. The molecule has 0 saturated heterocycles. The van der Waals surface area contributed by atoms with Gasteiger partial charge in [-0.1, -0.05) is 12.1 Å². The smallest absolute Gasteiger partial charge is 0.339 e. The fourth-order valence-electron chi connectivity index (χ4n) is 1.87. The first-order chi connectivity index (χ1) is 10.8. The number of anilines is 1. The Balaban J connectivity index is 2.42. The molecule has 0 bridgehead atoms. The normalized spacial score (nSPS) is 11.0. The highest BCUT2D eigenvalue weighted by molar-refractivity contribution is 7.92. The summed E-state index contributed by atoms with van der Waals surface area (Å²) in [5.41, 5.74) is -0.512. The van der Waals surface area contributed by atoms with Crippen molar-refractivity contribution in [1.29, 1.82) is 0 Å². The molecule has 0 amide bonds. The zero-order valence-corrected chi connectivity index (χ0v) is 12.9. The van der Waals surface area contributed by atoms with Crippen LogP contribution in [0.3, 0.4) is 0 Å².